The van der Waals surface area contributed by atoms with Crippen LogP contribution in [0.5, 0.6) is 5.75 Å². The molecule has 0 aliphatic rings. The molecule has 1 aromatic carbocycles. The van der Waals surface area contributed by atoms with Gasteiger partial charge in [0, 0.05) is 13.0 Å². The molecule has 0 fully saturated rings. The second-order valence-electron chi connectivity index (χ2n) is 4.04. The second-order valence-corrected chi connectivity index (χ2v) is 4.04. The predicted octanol–water partition coefficient (Wildman–Crippen LogP) is -0.375. The zero-order valence-electron chi connectivity index (χ0n) is 11.5. The van der Waals surface area contributed by atoms with Crippen molar-refractivity contribution in [3.63, 3.8) is 0 Å². The highest BCUT2D eigenvalue weighted by Crippen LogP contribution is 2.26. The standard InChI is InChI=1S/C13H17N3O5/c1-20-13(19)8-2-3-9(16-12(18)4-5-14)10(6-8)21-7-11(15)17/h2-3,6H,4-5,7,14H2,1H3,(H2,15,17)(H,16,18). The Bertz CT molecular complexity index is 545. The molecule has 0 spiro atoms. The number of benzene rings is 1. The van der Waals surface area contributed by atoms with E-state index in [1.165, 1.54) is 25.3 Å². The summed E-state index contributed by atoms with van der Waals surface area (Å²) in [4.78, 5) is 33.8. The quantitative estimate of drug-likeness (QED) is 0.587. The molecule has 0 aliphatic heterocycles. The van der Waals surface area contributed by atoms with Crippen LogP contribution in [0.15, 0.2) is 18.2 Å². The zero-order chi connectivity index (χ0) is 15.8. The highest BCUT2D eigenvalue weighted by Gasteiger charge is 2.13. The smallest absolute Gasteiger partial charge is 0.337 e. The van der Waals surface area contributed by atoms with Gasteiger partial charge in [0.25, 0.3) is 5.91 Å². The van der Waals surface area contributed by atoms with E-state index in [0.717, 1.165) is 0 Å². The van der Waals surface area contributed by atoms with Crippen LogP contribution in [-0.4, -0.2) is 38.0 Å². The Morgan fingerprint density at radius 1 is 1.29 bits per heavy atom. The topological polar surface area (TPSA) is 134 Å². The molecule has 1 rings (SSSR count). The molecule has 0 bridgehead atoms. The summed E-state index contributed by atoms with van der Waals surface area (Å²) >= 11 is 0. The van der Waals surface area contributed by atoms with Crippen molar-refractivity contribution in [3.05, 3.63) is 23.8 Å². The SMILES string of the molecule is COC(=O)c1ccc(NC(=O)CCN)c(OCC(N)=O)c1. The van der Waals surface area contributed by atoms with Gasteiger partial charge in [0.1, 0.15) is 5.75 Å². The van der Waals surface area contributed by atoms with Crippen LogP contribution < -0.4 is 21.5 Å². The minimum absolute atomic E-state index is 0.133. The zero-order valence-corrected chi connectivity index (χ0v) is 11.5. The summed E-state index contributed by atoms with van der Waals surface area (Å²) in [5, 5.41) is 2.57. The number of methoxy groups -OCH3 is 1. The second kappa shape index (κ2) is 7.85. The van der Waals surface area contributed by atoms with Crippen molar-refractivity contribution in [1.82, 2.24) is 0 Å². The van der Waals surface area contributed by atoms with Crippen LogP contribution in [0.4, 0.5) is 5.69 Å². The third-order valence-corrected chi connectivity index (χ3v) is 2.42. The third kappa shape index (κ3) is 5.11. The fourth-order valence-electron chi connectivity index (χ4n) is 1.48. The van der Waals surface area contributed by atoms with Gasteiger partial charge in [-0.2, -0.15) is 0 Å². The average molecular weight is 295 g/mol. The Kier molecular flexibility index (Phi) is 6.15. The molecule has 114 valence electrons. The van der Waals surface area contributed by atoms with E-state index in [2.05, 4.69) is 10.1 Å². The van der Waals surface area contributed by atoms with Crippen molar-refractivity contribution < 1.29 is 23.9 Å². The van der Waals surface area contributed by atoms with Gasteiger partial charge in [-0.25, -0.2) is 4.79 Å². The molecule has 0 saturated carbocycles. The summed E-state index contributed by atoms with van der Waals surface area (Å²) < 4.78 is 9.77. The van der Waals surface area contributed by atoms with Crippen molar-refractivity contribution in [1.29, 1.82) is 0 Å². The first-order valence-corrected chi connectivity index (χ1v) is 6.11. The Hall–Kier alpha value is -2.61. The number of nitrogens with one attached hydrogen (secondary N) is 1. The van der Waals surface area contributed by atoms with Gasteiger partial charge < -0.3 is 26.3 Å². The molecule has 2 amide bonds. The number of hydrogen-bond donors (Lipinski definition) is 3. The van der Waals surface area contributed by atoms with Crippen molar-refractivity contribution >= 4 is 23.5 Å². The lowest BCUT2D eigenvalue weighted by atomic mass is 10.2. The number of nitrogens with two attached hydrogens (primary N) is 2. The lowest BCUT2D eigenvalue weighted by Gasteiger charge is -2.12. The maximum Gasteiger partial charge on any atom is 0.337 e. The van der Waals surface area contributed by atoms with E-state index in [9.17, 15) is 14.4 Å². The van der Waals surface area contributed by atoms with Crippen LogP contribution >= 0.6 is 0 Å². The largest absolute Gasteiger partial charge is 0.482 e. The lowest BCUT2D eigenvalue weighted by Crippen LogP contribution is -2.21. The van der Waals surface area contributed by atoms with Gasteiger partial charge in [-0.1, -0.05) is 0 Å². The van der Waals surface area contributed by atoms with E-state index in [4.69, 9.17) is 16.2 Å². The normalized spacial score (nSPS) is 9.81. The van der Waals surface area contributed by atoms with E-state index in [1.807, 2.05) is 0 Å². The molecule has 0 radical (unpaired) electrons. The number of primary amides is 1. The number of rotatable bonds is 7. The van der Waals surface area contributed by atoms with E-state index in [-0.39, 0.29) is 36.8 Å². The van der Waals surface area contributed by atoms with E-state index in [1.54, 1.807) is 0 Å². The Labute approximate surface area is 121 Å². The Morgan fingerprint density at radius 3 is 2.57 bits per heavy atom. The minimum atomic E-state index is -0.683. The van der Waals surface area contributed by atoms with Crippen LogP contribution in [0.25, 0.3) is 0 Å². The van der Waals surface area contributed by atoms with Gasteiger partial charge in [0.15, 0.2) is 6.61 Å². The molecule has 0 saturated heterocycles. The highest BCUT2D eigenvalue weighted by atomic mass is 16.5. The summed E-state index contributed by atoms with van der Waals surface area (Å²) in [6.07, 6.45) is 0.133. The van der Waals surface area contributed by atoms with Crippen molar-refractivity contribution in [2.75, 3.05) is 25.6 Å². The molecule has 8 heteroatoms. The Balaban J connectivity index is 3.01. The molecule has 0 unspecified atom stereocenters. The first kappa shape index (κ1) is 16.4. The van der Waals surface area contributed by atoms with Gasteiger partial charge in [0.05, 0.1) is 18.4 Å². The van der Waals surface area contributed by atoms with Crippen molar-refractivity contribution in [2.24, 2.45) is 11.5 Å². The summed E-state index contributed by atoms with van der Waals surface area (Å²) in [6.45, 7) is -0.187. The Morgan fingerprint density at radius 2 is 2.00 bits per heavy atom. The van der Waals surface area contributed by atoms with Gasteiger partial charge in [-0.15, -0.1) is 0 Å². The number of hydrogen-bond acceptors (Lipinski definition) is 6. The maximum atomic E-state index is 11.5. The third-order valence-electron chi connectivity index (χ3n) is 2.42. The van der Waals surface area contributed by atoms with Crippen molar-refractivity contribution in [3.8, 4) is 5.75 Å². The maximum absolute atomic E-state index is 11.5. The molecule has 5 N–H and O–H groups in total. The number of carbonyl (C=O) groups excluding carboxylic acids is 3. The number of esters is 1. The molecule has 1 aromatic rings. The fraction of sp³-hybridized carbons (Fsp3) is 0.308. The van der Waals surface area contributed by atoms with E-state index < -0.39 is 11.9 Å². The van der Waals surface area contributed by atoms with Crippen LogP contribution in [0, 0.1) is 0 Å². The van der Waals surface area contributed by atoms with E-state index in [0.29, 0.717) is 5.69 Å². The van der Waals surface area contributed by atoms with Gasteiger partial charge in [0.2, 0.25) is 5.91 Å². The monoisotopic (exact) mass is 295 g/mol. The van der Waals surface area contributed by atoms with Crippen LogP contribution in [-0.2, 0) is 14.3 Å². The summed E-state index contributed by atoms with van der Waals surface area (Å²) in [7, 11) is 1.24. The number of carbonyl (C=O) groups is 3. The summed E-state index contributed by atoms with van der Waals surface area (Å²) in [6, 6.07) is 4.28. The molecular formula is C13H17N3O5. The number of ether oxygens (including phenoxy) is 2. The molecule has 0 heterocycles. The van der Waals surface area contributed by atoms with Gasteiger partial charge in [-0.3, -0.25) is 9.59 Å². The van der Waals surface area contributed by atoms with E-state index >= 15 is 0 Å². The first-order chi connectivity index (χ1) is 9.97. The summed E-state index contributed by atoms with van der Waals surface area (Å²) in [5.41, 5.74) is 10.8. The summed E-state index contributed by atoms with van der Waals surface area (Å²) in [5.74, 6) is -1.43. The number of amides is 2. The van der Waals surface area contributed by atoms with Gasteiger partial charge in [-0.05, 0) is 18.2 Å². The molecule has 0 aromatic heterocycles. The fourth-order valence-corrected chi connectivity index (χ4v) is 1.48. The van der Waals surface area contributed by atoms with Crippen molar-refractivity contribution in [2.45, 2.75) is 6.42 Å². The lowest BCUT2D eigenvalue weighted by molar-refractivity contribution is -0.120. The highest BCUT2D eigenvalue weighted by molar-refractivity contribution is 5.95. The number of anilines is 1. The molecule has 0 aliphatic carbocycles. The van der Waals surface area contributed by atoms with Crippen LogP contribution in [0.1, 0.15) is 16.8 Å². The molecule has 0 atom stereocenters. The molecule has 21 heavy (non-hydrogen) atoms. The average Bonchev–Trinajstić information content (AvgIpc) is 2.45. The first-order valence-electron chi connectivity index (χ1n) is 6.11. The predicted molar refractivity (Wildman–Crippen MR) is 74.8 cm³/mol. The van der Waals surface area contributed by atoms with Gasteiger partial charge >= 0.3 is 5.97 Å². The van der Waals surface area contributed by atoms with Crippen LogP contribution in [0.2, 0.25) is 0 Å². The minimum Gasteiger partial charge on any atom is -0.482 e. The molecular weight excluding hydrogens is 278 g/mol. The molecule has 8 nitrogen and oxygen atoms in total. The van der Waals surface area contributed by atoms with Crippen LogP contribution in [0.3, 0.4) is 0 Å².